The quantitative estimate of drug-likeness (QED) is 0.0269. The van der Waals surface area contributed by atoms with Gasteiger partial charge in [-0.2, -0.15) is 0 Å². The summed E-state index contributed by atoms with van der Waals surface area (Å²) in [6.07, 6.45) is 43.6. The number of aliphatic carboxylic acids is 1. The lowest BCUT2D eigenvalue weighted by Crippen LogP contribution is -2.70. The molecule has 3 N–H and O–H groups in total. The van der Waals surface area contributed by atoms with Crippen LogP contribution in [-0.2, 0) is 37.5 Å². The van der Waals surface area contributed by atoms with Gasteiger partial charge in [-0.1, -0.05) is 186 Å². The Bertz CT molecular complexity index is 1080. The smallest absolute Gasteiger partial charge is 0.306 e. The van der Waals surface area contributed by atoms with E-state index in [-0.39, 0.29) is 19.4 Å². The zero-order valence-corrected chi connectivity index (χ0v) is 37.8. The van der Waals surface area contributed by atoms with Gasteiger partial charge in [-0.25, -0.2) is 0 Å². The van der Waals surface area contributed by atoms with Crippen molar-refractivity contribution in [3.8, 4) is 0 Å². The zero-order chi connectivity index (χ0) is 42.8. The van der Waals surface area contributed by atoms with Gasteiger partial charge in [-0.3, -0.25) is 14.2 Å². The molecule has 0 radical (unpaired) electrons. The number of unbranched alkanes of at least 4 members (excludes halogenated alkanes) is 26. The number of quaternary nitrogens is 1. The first-order valence-electron chi connectivity index (χ1n) is 23.4. The third kappa shape index (κ3) is 40.7. The van der Waals surface area contributed by atoms with Crippen molar-refractivity contribution >= 4 is 25.7 Å². The molecule has 11 nitrogen and oxygen atoms in total. The fourth-order valence-corrected chi connectivity index (χ4v) is 7.29. The SMILES string of the molecule is CCCCC/C=C\C/C=C\CCCCCCCC(=O)O[C@H](COC(=O)CCCCCCCCCCCCCCCCCCCCC)COP(=O)([O-])OC[C@H]([NH3+])C(=O)[O-]. The Hall–Kier alpha value is -2.04. The molecule has 0 saturated carbocycles. The summed E-state index contributed by atoms with van der Waals surface area (Å²) in [5.74, 6) is -2.58. The van der Waals surface area contributed by atoms with Crippen molar-refractivity contribution < 1.29 is 53.2 Å². The molecule has 0 aliphatic rings. The number of phosphoric acid groups is 1. The molecule has 0 spiro atoms. The number of hydrogen-bond acceptors (Lipinski definition) is 10. The maximum atomic E-state index is 12.6. The Labute approximate surface area is 353 Å². The van der Waals surface area contributed by atoms with Gasteiger partial charge in [0.05, 0.1) is 6.61 Å². The molecule has 12 heteroatoms. The molecule has 0 fully saturated rings. The van der Waals surface area contributed by atoms with Crippen molar-refractivity contribution in [1.82, 2.24) is 0 Å². The van der Waals surface area contributed by atoms with E-state index in [4.69, 9.17) is 14.0 Å². The minimum atomic E-state index is -4.96. The summed E-state index contributed by atoms with van der Waals surface area (Å²) in [7, 11) is -4.96. The van der Waals surface area contributed by atoms with Crippen LogP contribution in [0.4, 0.5) is 0 Å². The van der Waals surface area contributed by atoms with Crippen molar-refractivity contribution in [1.29, 1.82) is 0 Å². The average Bonchev–Trinajstić information content (AvgIpc) is 3.20. The van der Waals surface area contributed by atoms with E-state index in [0.717, 1.165) is 64.2 Å². The van der Waals surface area contributed by atoms with Gasteiger partial charge in [-0.15, -0.1) is 0 Å². The highest BCUT2D eigenvalue weighted by atomic mass is 31.2. The van der Waals surface area contributed by atoms with E-state index < -0.39 is 51.1 Å². The van der Waals surface area contributed by atoms with E-state index in [9.17, 15) is 28.9 Å². The van der Waals surface area contributed by atoms with Crippen LogP contribution < -0.4 is 15.7 Å². The molecule has 58 heavy (non-hydrogen) atoms. The number of allylic oxidation sites excluding steroid dienone is 4. The molecule has 0 aromatic carbocycles. The predicted octanol–water partition coefficient (Wildman–Crippen LogP) is 9.94. The van der Waals surface area contributed by atoms with E-state index in [1.54, 1.807) is 0 Å². The Morgan fingerprint density at radius 2 is 0.914 bits per heavy atom. The van der Waals surface area contributed by atoms with E-state index in [1.165, 1.54) is 116 Å². The predicted molar refractivity (Wildman–Crippen MR) is 229 cm³/mol. The number of carboxylic acids is 1. The van der Waals surface area contributed by atoms with Gasteiger partial charge in [0, 0.05) is 12.8 Å². The van der Waals surface area contributed by atoms with Gasteiger partial charge in [0.1, 0.15) is 25.2 Å². The number of phosphoric ester groups is 1. The fraction of sp³-hybridized carbons (Fsp3) is 0.848. The van der Waals surface area contributed by atoms with Gasteiger partial charge in [0.2, 0.25) is 0 Å². The number of esters is 2. The summed E-state index contributed by atoms with van der Waals surface area (Å²) in [5, 5.41) is 10.9. The second-order valence-corrected chi connectivity index (χ2v) is 17.4. The van der Waals surface area contributed by atoms with Crippen LogP contribution in [0, 0.1) is 0 Å². The van der Waals surface area contributed by atoms with Gasteiger partial charge < -0.3 is 39.0 Å². The second kappa shape index (κ2) is 41.7. The zero-order valence-electron chi connectivity index (χ0n) is 36.9. The molecule has 3 atom stereocenters. The number of carbonyl (C=O) groups is 3. The summed E-state index contributed by atoms with van der Waals surface area (Å²) < 4.78 is 32.4. The Balaban J connectivity index is 4.29. The van der Waals surface area contributed by atoms with Gasteiger partial charge in [-0.05, 0) is 44.9 Å². The molecule has 0 aliphatic heterocycles. The Morgan fingerprint density at radius 1 is 0.534 bits per heavy atom. The molecule has 0 heterocycles. The molecule has 0 bridgehead atoms. The van der Waals surface area contributed by atoms with Gasteiger partial charge in [0.15, 0.2) is 6.10 Å². The van der Waals surface area contributed by atoms with Crippen molar-refractivity contribution in [2.45, 2.75) is 231 Å². The van der Waals surface area contributed by atoms with Crippen LogP contribution in [0.2, 0.25) is 0 Å². The molecule has 0 aliphatic carbocycles. The highest BCUT2D eigenvalue weighted by Crippen LogP contribution is 2.38. The summed E-state index contributed by atoms with van der Waals surface area (Å²) in [5.41, 5.74) is 3.25. The molecule has 0 saturated heterocycles. The van der Waals surface area contributed by atoms with Gasteiger partial charge in [0.25, 0.3) is 7.82 Å². The minimum absolute atomic E-state index is 0.134. The van der Waals surface area contributed by atoms with Crippen LogP contribution in [-0.4, -0.2) is 49.9 Å². The summed E-state index contributed by atoms with van der Waals surface area (Å²) in [6.45, 7) is 2.69. The van der Waals surface area contributed by atoms with Crippen LogP contribution in [0.25, 0.3) is 0 Å². The van der Waals surface area contributed by atoms with Gasteiger partial charge >= 0.3 is 11.9 Å². The van der Waals surface area contributed by atoms with Crippen molar-refractivity contribution in [3.05, 3.63) is 24.3 Å². The first-order valence-corrected chi connectivity index (χ1v) is 24.9. The third-order valence-corrected chi connectivity index (χ3v) is 11.2. The summed E-state index contributed by atoms with van der Waals surface area (Å²) in [6, 6.07) is -1.42. The second-order valence-electron chi connectivity index (χ2n) is 15.9. The van der Waals surface area contributed by atoms with Crippen LogP contribution in [0.1, 0.15) is 219 Å². The first kappa shape index (κ1) is 56.0. The van der Waals surface area contributed by atoms with Crippen LogP contribution in [0.5, 0.6) is 0 Å². The molecule has 0 aromatic rings. The number of ether oxygens (including phenoxy) is 2. The lowest BCUT2D eigenvalue weighted by molar-refractivity contribution is -0.441. The molecule has 340 valence electrons. The van der Waals surface area contributed by atoms with Crippen molar-refractivity contribution in [3.63, 3.8) is 0 Å². The van der Waals surface area contributed by atoms with E-state index in [0.29, 0.717) is 12.8 Å². The molecule has 0 rings (SSSR count). The number of carboxylic acid groups (broad SMARTS) is 1. The average molecular weight is 843 g/mol. The highest BCUT2D eigenvalue weighted by Gasteiger charge is 2.22. The fourth-order valence-electron chi connectivity index (χ4n) is 6.51. The summed E-state index contributed by atoms with van der Waals surface area (Å²) >= 11 is 0. The summed E-state index contributed by atoms with van der Waals surface area (Å²) in [4.78, 5) is 48.1. The van der Waals surface area contributed by atoms with E-state index >= 15 is 0 Å². The largest absolute Gasteiger partial charge is 0.756 e. The normalized spacial score (nSPS) is 13.9. The molecular weight excluding hydrogens is 757 g/mol. The lowest BCUT2D eigenvalue weighted by Gasteiger charge is -2.26. The molecule has 1 unspecified atom stereocenters. The van der Waals surface area contributed by atoms with Crippen LogP contribution >= 0.6 is 7.82 Å². The maximum Gasteiger partial charge on any atom is 0.306 e. The number of rotatable bonds is 44. The number of carbonyl (C=O) groups excluding carboxylic acids is 3. The Kier molecular flexibility index (Phi) is 40.2. The molecule has 0 aromatic heterocycles. The monoisotopic (exact) mass is 843 g/mol. The number of hydrogen-bond donors (Lipinski definition) is 1. The lowest BCUT2D eigenvalue weighted by atomic mass is 10.0. The standard InChI is InChI=1S/C46H86NO10P/c1-3-5-7-9-11-13-15-17-19-20-21-22-24-25-27-29-31-33-35-37-44(48)54-39-42(40-55-58(52,53)56-41-43(47)46(50)51)57-45(49)38-36-34-32-30-28-26-23-18-16-14-12-10-8-6-4-2/h12,14,18,23,42-43H,3-11,13,15-17,19-22,24-41,47H2,1-2H3,(H,50,51)(H,52,53)/p-1/b14-12-,23-18-/t42-,43+/m1/s1. The topological polar surface area (TPSA) is 179 Å². The van der Waals surface area contributed by atoms with Crippen LogP contribution in [0.15, 0.2) is 24.3 Å². The van der Waals surface area contributed by atoms with Crippen molar-refractivity contribution in [2.75, 3.05) is 19.8 Å². The van der Waals surface area contributed by atoms with E-state index in [2.05, 4.69) is 48.4 Å². The molecule has 0 amide bonds. The highest BCUT2D eigenvalue weighted by molar-refractivity contribution is 7.45. The molecular formula is C46H85NO10P-. The minimum Gasteiger partial charge on any atom is -0.756 e. The van der Waals surface area contributed by atoms with E-state index in [1.807, 2.05) is 0 Å². The first-order chi connectivity index (χ1) is 28.1. The van der Waals surface area contributed by atoms with Crippen molar-refractivity contribution in [2.24, 2.45) is 0 Å². The van der Waals surface area contributed by atoms with Crippen LogP contribution in [0.3, 0.4) is 0 Å². The third-order valence-electron chi connectivity index (χ3n) is 10.2. The maximum absolute atomic E-state index is 12.6. The Morgan fingerprint density at radius 3 is 1.38 bits per heavy atom.